The van der Waals surface area contributed by atoms with Crippen LogP contribution >= 0.6 is 0 Å². The molecule has 3 fully saturated rings. The second-order valence-electron chi connectivity index (χ2n) is 7.42. The standard InChI is InChI=1S/C20H27N5O2/c1-3-11-25-18(26)16-17(22(2)20(25)27)21-19-23(12-7-13-24(16)19)14-10-15-8-5-4-6-9-15/h3-6,8-9,16-17,19,21H,1,7,10-14H2,2H3. The third-order valence-corrected chi connectivity index (χ3v) is 5.81. The molecule has 0 saturated carbocycles. The van der Waals surface area contributed by atoms with Gasteiger partial charge in [0.05, 0.1) is 0 Å². The number of hydrogen-bond acceptors (Lipinski definition) is 5. The van der Waals surface area contributed by atoms with Gasteiger partial charge in [0, 0.05) is 33.2 Å². The van der Waals surface area contributed by atoms with Crippen molar-refractivity contribution in [3.05, 3.63) is 48.6 Å². The first-order chi connectivity index (χ1) is 13.1. The molecule has 1 N–H and O–H groups in total. The maximum Gasteiger partial charge on any atom is 0.328 e. The van der Waals surface area contributed by atoms with Crippen LogP contribution in [0.3, 0.4) is 0 Å². The van der Waals surface area contributed by atoms with Crippen LogP contribution in [0.15, 0.2) is 43.0 Å². The van der Waals surface area contributed by atoms with Gasteiger partial charge in [0.1, 0.15) is 18.5 Å². The Morgan fingerprint density at radius 1 is 1.22 bits per heavy atom. The molecule has 7 nitrogen and oxygen atoms in total. The molecule has 0 aliphatic carbocycles. The highest BCUT2D eigenvalue weighted by Crippen LogP contribution is 2.30. The van der Waals surface area contributed by atoms with Gasteiger partial charge >= 0.3 is 6.03 Å². The molecule has 3 unspecified atom stereocenters. The third kappa shape index (κ3) is 3.16. The summed E-state index contributed by atoms with van der Waals surface area (Å²) in [6, 6.07) is 9.85. The fraction of sp³-hybridized carbons (Fsp3) is 0.500. The minimum absolute atomic E-state index is 0.0136. The van der Waals surface area contributed by atoms with Crippen LogP contribution in [0.1, 0.15) is 12.0 Å². The fourth-order valence-electron chi connectivity index (χ4n) is 4.44. The van der Waals surface area contributed by atoms with Crippen molar-refractivity contribution in [1.29, 1.82) is 0 Å². The number of fused-ring (bicyclic) bond motifs is 3. The summed E-state index contributed by atoms with van der Waals surface area (Å²) < 4.78 is 0. The summed E-state index contributed by atoms with van der Waals surface area (Å²) in [5.41, 5.74) is 1.31. The third-order valence-electron chi connectivity index (χ3n) is 5.81. The summed E-state index contributed by atoms with van der Waals surface area (Å²) in [5, 5.41) is 3.54. The predicted octanol–water partition coefficient (Wildman–Crippen LogP) is 0.898. The minimum Gasteiger partial charge on any atom is -0.310 e. The number of rotatable bonds is 5. The number of nitrogens with zero attached hydrogens (tertiary/aromatic N) is 4. The van der Waals surface area contributed by atoms with Crippen molar-refractivity contribution < 1.29 is 9.59 Å². The first-order valence-corrected chi connectivity index (χ1v) is 9.60. The topological polar surface area (TPSA) is 59.1 Å². The lowest BCUT2D eigenvalue weighted by Gasteiger charge is -2.43. The van der Waals surface area contributed by atoms with E-state index in [-0.39, 0.29) is 37.0 Å². The second-order valence-corrected chi connectivity index (χ2v) is 7.42. The van der Waals surface area contributed by atoms with Crippen molar-refractivity contribution in [1.82, 2.24) is 24.9 Å². The Labute approximate surface area is 160 Å². The number of carbonyl (C=O) groups excluding carboxylic acids is 2. The highest BCUT2D eigenvalue weighted by molar-refractivity contribution is 6.00. The summed E-state index contributed by atoms with van der Waals surface area (Å²) in [6.45, 7) is 6.69. The van der Waals surface area contributed by atoms with Crippen molar-refractivity contribution in [2.24, 2.45) is 0 Å². The molecule has 0 radical (unpaired) electrons. The van der Waals surface area contributed by atoms with E-state index in [1.165, 1.54) is 10.5 Å². The summed E-state index contributed by atoms with van der Waals surface area (Å²) >= 11 is 0. The molecule has 7 heteroatoms. The highest BCUT2D eigenvalue weighted by atomic mass is 16.2. The normalized spacial score (nSPS) is 29.0. The number of hydrogen-bond donors (Lipinski definition) is 1. The van der Waals surface area contributed by atoms with Crippen molar-refractivity contribution in [3.8, 4) is 0 Å². The van der Waals surface area contributed by atoms with Crippen LogP contribution in [-0.4, -0.2) is 83.3 Å². The molecule has 3 aliphatic heterocycles. The van der Waals surface area contributed by atoms with E-state index in [0.29, 0.717) is 0 Å². The van der Waals surface area contributed by atoms with Gasteiger partial charge in [-0.2, -0.15) is 0 Å². The van der Waals surface area contributed by atoms with Crippen LogP contribution < -0.4 is 5.32 Å². The maximum atomic E-state index is 13.0. The maximum absolute atomic E-state index is 13.0. The molecule has 4 rings (SSSR count). The number of amides is 3. The molecule has 144 valence electrons. The SMILES string of the molecule is C=CCN1C(=O)C2C(NC3N(CCc4ccccc4)CCCN23)N(C)C1=O. The molecule has 27 heavy (non-hydrogen) atoms. The van der Waals surface area contributed by atoms with E-state index in [0.717, 1.165) is 32.5 Å². The Morgan fingerprint density at radius 3 is 2.74 bits per heavy atom. The van der Waals surface area contributed by atoms with E-state index in [4.69, 9.17) is 0 Å². The first kappa shape index (κ1) is 18.2. The fourth-order valence-corrected chi connectivity index (χ4v) is 4.44. The zero-order valence-corrected chi connectivity index (χ0v) is 15.8. The van der Waals surface area contributed by atoms with E-state index < -0.39 is 0 Å². The van der Waals surface area contributed by atoms with E-state index in [1.807, 2.05) is 6.07 Å². The van der Waals surface area contributed by atoms with Gasteiger partial charge in [0.15, 0.2) is 0 Å². The molecule has 1 aromatic rings. The van der Waals surface area contributed by atoms with Gasteiger partial charge in [-0.1, -0.05) is 36.4 Å². The summed E-state index contributed by atoms with van der Waals surface area (Å²) in [6.07, 6.45) is 3.29. The van der Waals surface area contributed by atoms with Gasteiger partial charge in [0.25, 0.3) is 5.91 Å². The lowest BCUT2D eigenvalue weighted by molar-refractivity contribution is -0.139. The van der Waals surface area contributed by atoms with Crippen LogP contribution in [-0.2, 0) is 11.2 Å². The number of likely N-dealkylation sites (N-methyl/N-ethyl adjacent to an activating group) is 1. The van der Waals surface area contributed by atoms with Crippen molar-refractivity contribution in [3.63, 3.8) is 0 Å². The van der Waals surface area contributed by atoms with E-state index in [1.54, 1.807) is 18.0 Å². The predicted molar refractivity (Wildman–Crippen MR) is 103 cm³/mol. The van der Waals surface area contributed by atoms with Crippen molar-refractivity contribution in [2.45, 2.75) is 31.3 Å². The quantitative estimate of drug-likeness (QED) is 0.782. The van der Waals surface area contributed by atoms with Crippen LogP contribution in [0.5, 0.6) is 0 Å². The van der Waals surface area contributed by atoms with Gasteiger partial charge in [0.2, 0.25) is 0 Å². The molecule has 3 heterocycles. The lowest BCUT2D eigenvalue weighted by atomic mass is 10.1. The van der Waals surface area contributed by atoms with Gasteiger partial charge in [-0.25, -0.2) is 4.79 Å². The molecular formula is C20H27N5O2. The van der Waals surface area contributed by atoms with Crippen molar-refractivity contribution >= 4 is 11.9 Å². The van der Waals surface area contributed by atoms with Crippen molar-refractivity contribution in [2.75, 3.05) is 33.2 Å². The number of benzene rings is 1. The van der Waals surface area contributed by atoms with Crippen LogP contribution in [0.4, 0.5) is 4.79 Å². The number of carbonyl (C=O) groups is 2. The largest absolute Gasteiger partial charge is 0.328 e. The van der Waals surface area contributed by atoms with Gasteiger partial charge in [-0.3, -0.25) is 24.8 Å². The molecular weight excluding hydrogens is 342 g/mol. The Morgan fingerprint density at radius 2 is 2.00 bits per heavy atom. The average Bonchev–Trinajstić information content (AvgIpc) is 3.09. The molecule has 3 atom stereocenters. The van der Waals surface area contributed by atoms with E-state index >= 15 is 0 Å². The summed E-state index contributed by atoms with van der Waals surface area (Å²) in [5.74, 6) is -0.122. The molecule has 0 spiro atoms. The summed E-state index contributed by atoms with van der Waals surface area (Å²) in [7, 11) is 1.77. The summed E-state index contributed by atoms with van der Waals surface area (Å²) in [4.78, 5) is 33.2. The molecule has 0 bridgehead atoms. The second kappa shape index (κ2) is 7.42. The van der Waals surface area contributed by atoms with Gasteiger partial charge in [-0.15, -0.1) is 6.58 Å². The van der Waals surface area contributed by atoms with Gasteiger partial charge in [-0.05, 0) is 18.4 Å². The zero-order chi connectivity index (χ0) is 19.0. The molecule has 3 amide bonds. The number of urea groups is 1. The Bertz CT molecular complexity index is 724. The first-order valence-electron chi connectivity index (χ1n) is 9.60. The zero-order valence-electron chi connectivity index (χ0n) is 15.8. The van der Waals surface area contributed by atoms with Crippen LogP contribution in [0, 0.1) is 0 Å². The number of nitrogens with one attached hydrogen (secondary N) is 1. The van der Waals surface area contributed by atoms with E-state index in [9.17, 15) is 9.59 Å². The monoisotopic (exact) mass is 369 g/mol. The highest BCUT2D eigenvalue weighted by Gasteiger charge is 2.55. The van der Waals surface area contributed by atoms with Crippen LogP contribution in [0.25, 0.3) is 0 Å². The Balaban J connectivity index is 1.51. The average molecular weight is 369 g/mol. The number of imide groups is 1. The molecule has 1 aromatic carbocycles. The smallest absolute Gasteiger partial charge is 0.310 e. The lowest BCUT2D eigenvalue weighted by Crippen LogP contribution is -2.66. The Kier molecular flexibility index (Phi) is 4.99. The minimum atomic E-state index is -0.336. The van der Waals surface area contributed by atoms with Gasteiger partial charge < -0.3 is 4.90 Å². The molecule has 3 aliphatic rings. The van der Waals surface area contributed by atoms with Crippen LogP contribution in [0.2, 0.25) is 0 Å². The molecule has 3 saturated heterocycles. The molecule has 0 aromatic heterocycles. The Hall–Kier alpha value is -2.22. The van der Waals surface area contributed by atoms with E-state index in [2.05, 4.69) is 46.0 Å².